The number of hydrogen-bond acceptors (Lipinski definition) is 2. The van der Waals surface area contributed by atoms with Crippen LogP contribution in [-0.2, 0) is 4.79 Å². The predicted octanol–water partition coefficient (Wildman–Crippen LogP) is 4.45. The van der Waals surface area contributed by atoms with E-state index in [1.54, 1.807) is 24.3 Å². The zero-order chi connectivity index (χ0) is 15.1. The summed E-state index contributed by atoms with van der Waals surface area (Å²) in [6.07, 6.45) is 1.10. The van der Waals surface area contributed by atoms with Crippen LogP contribution in [0.5, 0.6) is 5.75 Å². The van der Waals surface area contributed by atoms with Crippen LogP contribution in [-0.4, -0.2) is 12.5 Å². The van der Waals surface area contributed by atoms with Crippen molar-refractivity contribution in [3.05, 3.63) is 59.1 Å². The molecule has 0 aliphatic heterocycles. The third-order valence-corrected chi connectivity index (χ3v) is 3.19. The Morgan fingerprint density at radius 2 is 1.95 bits per heavy atom. The summed E-state index contributed by atoms with van der Waals surface area (Å²) in [6, 6.07) is 14.9. The fourth-order valence-corrected chi connectivity index (χ4v) is 2.01. The van der Waals surface area contributed by atoms with Gasteiger partial charge in [0.1, 0.15) is 5.75 Å². The van der Waals surface area contributed by atoms with Crippen molar-refractivity contribution in [3.8, 4) is 5.75 Å². The van der Waals surface area contributed by atoms with E-state index in [2.05, 4.69) is 5.32 Å². The maximum Gasteiger partial charge on any atom is 0.224 e. The molecule has 2 rings (SSSR count). The second-order valence-corrected chi connectivity index (χ2v) is 5.26. The van der Waals surface area contributed by atoms with Gasteiger partial charge in [0.25, 0.3) is 0 Å². The third kappa shape index (κ3) is 5.48. The molecule has 2 aromatic carbocycles. The van der Waals surface area contributed by atoms with Crippen LogP contribution in [0.4, 0.5) is 5.69 Å². The van der Waals surface area contributed by atoms with E-state index in [0.29, 0.717) is 24.5 Å². The summed E-state index contributed by atoms with van der Waals surface area (Å²) >= 11 is 5.79. The molecule has 0 spiro atoms. The lowest BCUT2D eigenvalue weighted by Crippen LogP contribution is -2.12. The van der Waals surface area contributed by atoms with Crippen molar-refractivity contribution in [2.75, 3.05) is 11.9 Å². The van der Waals surface area contributed by atoms with Crippen LogP contribution in [0.15, 0.2) is 48.5 Å². The summed E-state index contributed by atoms with van der Waals surface area (Å²) < 4.78 is 5.61. The summed E-state index contributed by atoms with van der Waals surface area (Å²) in [5.41, 5.74) is 1.91. The Kier molecular flexibility index (Phi) is 5.64. The molecule has 0 radical (unpaired) electrons. The average molecular weight is 304 g/mol. The van der Waals surface area contributed by atoms with Gasteiger partial charge >= 0.3 is 0 Å². The number of benzene rings is 2. The SMILES string of the molecule is Cc1cccc(OCCCC(=O)Nc2ccc(Cl)cc2)c1. The second-order valence-electron chi connectivity index (χ2n) is 4.82. The summed E-state index contributed by atoms with van der Waals surface area (Å²) in [7, 11) is 0. The van der Waals surface area contributed by atoms with Crippen LogP contribution in [0.2, 0.25) is 5.02 Å². The van der Waals surface area contributed by atoms with Crippen LogP contribution in [0.1, 0.15) is 18.4 Å². The number of carbonyl (C=O) groups excluding carboxylic acids is 1. The van der Waals surface area contributed by atoms with Crippen molar-refractivity contribution in [1.82, 2.24) is 0 Å². The highest BCUT2D eigenvalue weighted by molar-refractivity contribution is 6.30. The lowest BCUT2D eigenvalue weighted by molar-refractivity contribution is -0.116. The predicted molar refractivity (Wildman–Crippen MR) is 86.0 cm³/mol. The molecule has 0 heterocycles. The van der Waals surface area contributed by atoms with E-state index in [-0.39, 0.29) is 5.91 Å². The van der Waals surface area contributed by atoms with Crippen molar-refractivity contribution in [2.24, 2.45) is 0 Å². The van der Waals surface area contributed by atoms with Crippen molar-refractivity contribution in [1.29, 1.82) is 0 Å². The van der Waals surface area contributed by atoms with Gasteiger partial charge in [0.05, 0.1) is 6.61 Å². The lowest BCUT2D eigenvalue weighted by atomic mass is 10.2. The molecule has 4 heteroatoms. The molecule has 3 nitrogen and oxygen atoms in total. The van der Waals surface area contributed by atoms with Gasteiger partial charge in [-0.25, -0.2) is 0 Å². The molecular formula is C17H18ClNO2. The minimum absolute atomic E-state index is 0.0230. The summed E-state index contributed by atoms with van der Waals surface area (Å²) in [6.45, 7) is 2.55. The monoisotopic (exact) mass is 303 g/mol. The van der Waals surface area contributed by atoms with Gasteiger partial charge in [-0.1, -0.05) is 23.7 Å². The zero-order valence-electron chi connectivity index (χ0n) is 11.9. The van der Waals surface area contributed by atoms with Crippen molar-refractivity contribution in [2.45, 2.75) is 19.8 Å². The van der Waals surface area contributed by atoms with E-state index in [1.807, 2.05) is 31.2 Å². The number of rotatable bonds is 6. The maximum absolute atomic E-state index is 11.8. The molecule has 2 aromatic rings. The van der Waals surface area contributed by atoms with Crippen LogP contribution < -0.4 is 10.1 Å². The van der Waals surface area contributed by atoms with E-state index in [9.17, 15) is 4.79 Å². The number of nitrogens with one attached hydrogen (secondary N) is 1. The fraction of sp³-hybridized carbons (Fsp3) is 0.235. The van der Waals surface area contributed by atoms with Gasteiger partial charge in [0, 0.05) is 17.1 Å². The van der Waals surface area contributed by atoms with E-state index in [4.69, 9.17) is 16.3 Å². The number of carbonyl (C=O) groups is 1. The zero-order valence-corrected chi connectivity index (χ0v) is 12.7. The number of ether oxygens (including phenoxy) is 1. The first-order chi connectivity index (χ1) is 10.1. The first-order valence-electron chi connectivity index (χ1n) is 6.88. The highest BCUT2D eigenvalue weighted by atomic mass is 35.5. The number of amides is 1. The van der Waals surface area contributed by atoms with Gasteiger partial charge in [-0.05, 0) is 55.3 Å². The molecule has 0 unspecified atom stereocenters. The molecular weight excluding hydrogens is 286 g/mol. The van der Waals surface area contributed by atoms with E-state index in [1.165, 1.54) is 0 Å². The standard InChI is InChI=1S/C17H18ClNO2/c1-13-4-2-5-16(12-13)21-11-3-6-17(20)19-15-9-7-14(18)8-10-15/h2,4-5,7-10,12H,3,6,11H2,1H3,(H,19,20). The van der Waals surface area contributed by atoms with E-state index >= 15 is 0 Å². The minimum atomic E-state index is -0.0230. The smallest absolute Gasteiger partial charge is 0.224 e. The molecule has 0 aliphatic carbocycles. The third-order valence-electron chi connectivity index (χ3n) is 2.93. The van der Waals surface area contributed by atoms with E-state index in [0.717, 1.165) is 17.0 Å². The lowest BCUT2D eigenvalue weighted by Gasteiger charge is -2.07. The molecule has 0 saturated heterocycles. The Morgan fingerprint density at radius 1 is 1.19 bits per heavy atom. The minimum Gasteiger partial charge on any atom is -0.494 e. The number of anilines is 1. The molecule has 0 aromatic heterocycles. The summed E-state index contributed by atoms with van der Waals surface area (Å²) in [5.74, 6) is 0.818. The molecule has 0 fully saturated rings. The van der Waals surface area contributed by atoms with Gasteiger partial charge in [0.2, 0.25) is 5.91 Å². The van der Waals surface area contributed by atoms with E-state index < -0.39 is 0 Å². The quantitative estimate of drug-likeness (QED) is 0.801. The highest BCUT2D eigenvalue weighted by Crippen LogP contribution is 2.14. The molecule has 0 bridgehead atoms. The van der Waals surface area contributed by atoms with Crippen LogP contribution in [0.25, 0.3) is 0 Å². The van der Waals surface area contributed by atoms with Crippen molar-refractivity contribution >= 4 is 23.2 Å². The first-order valence-corrected chi connectivity index (χ1v) is 7.26. The molecule has 110 valence electrons. The van der Waals surface area contributed by atoms with Gasteiger partial charge in [0.15, 0.2) is 0 Å². The Hall–Kier alpha value is -2.00. The largest absolute Gasteiger partial charge is 0.494 e. The summed E-state index contributed by atoms with van der Waals surface area (Å²) in [5, 5.41) is 3.48. The molecule has 0 saturated carbocycles. The molecule has 1 amide bonds. The van der Waals surface area contributed by atoms with Crippen LogP contribution >= 0.6 is 11.6 Å². The Bertz CT molecular complexity index is 596. The van der Waals surface area contributed by atoms with Gasteiger partial charge in [-0.3, -0.25) is 4.79 Å². The topological polar surface area (TPSA) is 38.3 Å². The van der Waals surface area contributed by atoms with Gasteiger partial charge in [-0.2, -0.15) is 0 Å². The van der Waals surface area contributed by atoms with Crippen LogP contribution in [0, 0.1) is 6.92 Å². The Labute approximate surface area is 129 Å². The molecule has 21 heavy (non-hydrogen) atoms. The van der Waals surface area contributed by atoms with Crippen molar-refractivity contribution in [3.63, 3.8) is 0 Å². The van der Waals surface area contributed by atoms with Crippen LogP contribution in [0.3, 0.4) is 0 Å². The van der Waals surface area contributed by atoms with Crippen molar-refractivity contribution < 1.29 is 9.53 Å². The molecule has 1 N–H and O–H groups in total. The number of halogens is 1. The first kappa shape index (κ1) is 15.4. The molecule has 0 aliphatic rings. The normalized spacial score (nSPS) is 10.2. The Morgan fingerprint density at radius 3 is 2.67 bits per heavy atom. The summed E-state index contributed by atoms with van der Waals surface area (Å²) in [4.78, 5) is 11.8. The Balaban J connectivity index is 1.68. The maximum atomic E-state index is 11.8. The fourth-order valence-electron chi connectivity index (χ4n) is 1.88. The molecule has 0 atom stereocenters. The second kappa shape index (κ2) is 7.70. The average Bonchev–Trinajstić information content (AvgIpc) is 2.46. The van der Waals surface area contributed by atoms with Gasteiger partial charge < -0.3 is 10.1 Å². The number of hydrogen-bond donors (Lipinski definition) is 1. The number of aryl methyl sites for hydroxylation is 1. The highest BCUT2D eigenvalue weighted by Gasteiger charge is 2.03. The van der Waals surface area contributed by atoms with Gasteiger partial charge in [-0.15, -0.1) is 0 Å².